The van der Waals surface area contributed by atoms with E-state index in [9.17, 15) is 9.59 Å². The van der Waals surface area contributed by atoms with Crippen LogP contribution in [0.2, 0.25) is 0 Å². The molecular formula is C20H21NO3S. The van der Waals surface area contributed by atoms with Crippen LogP contribution in [0.25, 0.3) is 0 Å². The van der Waals surface area contributed by atoms with Crippen molar-refractivity contribution in [3.8, 4) is 5.75 Å². The van der Waals surface area contributed by atoms with Crippen LogP contribution in [0, 0.1) is 6.92 Å². The van der Waals surface area contributed by atoms with Gasteiger partial charge in [0.05, 0.1) is 17.7 Å². The first-order chi connectivity index (χ1) is 12.2. The number of benzene rings is 2. The van der Waals surface area contributed by atoms with Crippen molar-refractivity contribution in [3.05, 3.63) is 65.2 Å². The fourth-order valence-corrected chi connectivity index (χ4v) is 3.46. The minimum Gasteiger partial charge on any atom is -0.493 e. The molecule has 5 heteroatoms. The summed E-state index contributed by atoms with van der Waals surface area (Å²) in [4.78, 5) is 25.8. The summed E-state index contributed by atoms with van der Waals surface area (Å²) in [6, 6.07) is 15.0. The predicted octanol–water partition coefficient (Wildman–Crippen LogP) is 3.79. The van der Waals surface area contributed by atoms with Gasteiger partial charge in [0, 0.05) is 12.3 Å². The van der Waals surface area contributed by atoms with Crippen LogP contribution in [0.15, 0.2) is 48.5 Å². The molecule has 2 aromatic rings. The van der Waals surface area contributed by atoms with E-state index >= 15 is 0 Å². The molecule has 1 aliphatic rings. The molecule has 1 heterocycles. The fourth-order valence-electron chi connectivity index (χ4n) is 2.72. The first-order valence-electron chi connectivity index (χ1n) is 8.39. The summed E-state index contributed by atoms with van der Waals surface area (Å²) in [5.41, 5.74) is 2.26. The van der Waals surface area contributed by atoms with Crippen LogP contribution in [0.3, 0.4) is 0 Å². The smallest absolute Gasteiger partial charge is 0.261 e. The number of hydrogen-bond donors (Lipinski definition) is 0. The molecule has 0 atom stereocenters. The van der Waals surface area contributed by atoms with Crippen LogP contribution < -0.4 is 4.74 Å². The van der Waals surface area contributed by atoms with Gasteiger partial charge in [-0.2, -0.15) is 11.8 Å². The molecule has 0 N–H and O–H groups in total. The van der Waals surface area contributed by atoms with Crippen molar-refractivity contribution in [2.75, 3.05) is 24.7 Å². The van der Waals surface area contributed by atoms with Crippen molar-refractivity contribution in [2.45, 2.75) is 13.3 Å². The highest BCUT2D eigenvalue weighted by molar-refractivity contribution is 7.99. The molecule has 130 valence electrons. The van der Waals surface area contributed by atoms with Crippen molar-refractivity contribution >= 4 is 23.6 Å². The molecule has 2 aromatic carbocycles. The van der Waals surface area contributed by atoms with Crippen LogP contribution in [0.4, 0.5) is 0 Å². The topological polar surface area (TPSA) is 46.6 Å². The van der Waals surface area contributed by atoms with E-state index in [4.69, 9.17) is 4.74 Å². The second kappa shape index (κ2) is 8.21. The highest BCUT2D eigenvalue weighted by Crippen LogP contribution is 2.22. The Balaban J connectivity index is 1.33. The third-order valence-electron chi connectivity index (χ3n) is 4.07. The summed E-state index contributed by atoms with van der Waals surface area (Å²) in [6.45, 7) is 3.17. The van der Waals surface area contributed by atoms with Gasteiger partial charge in [0.2, 0.25) is 0 Å². The number of carbonyl (C=O) groups is 2. The first-order valence-corrected chi connectivity index (χ1v) is 9.55. The summed E-state index contributed by atoms with van der Waals surface area (Å²) in [7, 11) is 0. The van der Waals surface area contributed by atoms with E-state index in [-0.39, 0.29) is 11.8 Å². The Morgan fingerprint density at radius 2 is 1.56 bits per heavy atom. The van der Waals surface area contributed by atoms with Gasteiger partial charge in [-0.15, -0.1) is 0 Å². The molecule has 1 aliphatic heterocycles. The summed E-state index contributed by atoms with van der Waals surface area (Å²) in [6.07, 6.45) is 0.792. The first kappa shape index (κ1) is 17.5. The number of ether oxygens (including phenoxy) is 1. The molecule has 4 nitrogen and oxygen atoms in total. The van der Waals surface area contributed by atoms with E-state index in [1.165, 1.54) is 10.5 Å². The number of hydrogen-bond acceptors (Lipinski definition) is 4. The van der Waals surface area contributed by atoms with Gasteiger partial charge in [-0.1, -0.05) is 29.8 Å². The van der Waals surface area contributed by atoms with Gasteiger partial charge in [0.1, 0.15) is 5.75 Å². The van der Waals surface area contributed by atoms with Gasteiger partial charge in [0.15, 0.2) is 0 Å². The van der Waals surface area contributed by atoms with Gasteiger partial charge in [-0.25, -0.2) is 0 Å². The lowest BCUT2D eigenvalue weighted by molar-refractivity contribution is 0.0655. The second-order valence-corrected chi connectivity index (χ2v) is 7.16. The molecule has 3 rings (SSSR count). The van der Waals surface area contributed by atoms with Crippen molar-refractivity contribution < 1.29 is 14.3 Å². The molecule has 0 unspecified atom stereocenters. The SMILES string of the molecule is Cc1ccc(OCCSCCCN2C(=O)c3ccccc3C2=O)cc1. The van der Waals surface area contributed by atoms with Gasteiger partial charge in [-0.3, -0.25) is 14.5 Å². The predicted molar refractivity (Wildman–Crippen MR) is 100 cm³/mol. The van der Waals surface area contributed by atoms with Crippen molar-refractivity contribution in [2.24, 2.45) is 0 Å². The molecule has 2 amide bonds. The van der Waals surface area contributed by atoms with Crippen LogP contribution in [0.1, 0.15) is 32.7 Å². The standard InChI is InChI=1S/C20H21NO3S/c1-15-7-9-16(10-8-15)24-12-14-25-13-4-11-21-19(22)17-5-2-3-6-18(17)20(21)23/h2-3,5-10H,4,11-14H2,1H3. The number of amides is 2. The summed E-state index contributed by atoms with van der Waals surface area (Å²) in [5.74, 6) is 2.32. The Hall–Kier alpha value is -2.27. The minimum absolute atomic E-state index is 0.173. The molecule has 0 spiro atoms. The Kier molecular flexibility index (Phi) is 5.76. The number of nitrogens with zero attached hydrogens (tertiary/aromatic N) is 1. The normalized spacial score (nSPS) is 13.2. The Labute approximate surface area is 152 Å². The van der Waals surface area contributed by atoms with Crippen LogP contribution in [-0.4, -0.2) is 41.4 Å². The van der Waals surface area contributed by atoms with E-state index in [1.807, 2.05) is 31.2 Å². The van der Waals surface area contributed by atoms with Gasteiger partial charge in [-0.05, 0) is 43.4 Å². The van der Waals surface area contributed by atoms with Crippen molar-refractivity contribution in [1.82, 2.24) is 4.90 Å². The number of rotatable bonds is 8. The van der Waals surface area contributed by atoms with E-state index in [0.717, 1.165) is 23.7 Å². The number of thioether (sulfide) groups is 1. The minimum atomic E-state index is -0.173. The molecule has 0 aliphatic carbocycles. The van der Waals surface area contributed by atoms with E-state index in [2.05, 4.69) is 0 Å². The lowest BCUT2D eigenvalue weighted by Crippen LogP contribution is -2.31. The lowest BCUT2D eigenvalue weighted by Gasteiger charge is -2.13. The van der Waals surface area contributed by atoms with Gasteiger partial charge < -0.3 is 4.74 Å². The molecule has 0 saturated heterocycles. The average molecular weight is 355 g/mol. The molecule has 0 saturated carbocycles. The summed E-state index contributed by atoms with van der Waals surface area (Å²) >= 11 is 1.77. The second-order valence-electron chi connectivity index (χ2n) is 5.93. The van der Waals surface area contributed by atoms with Crippen molar-refractivity contribution in [3.63, 3.8) is 0 Å². The molecule has 0 radical (unpaired) electrons. The lowest BCUT2D eigenvalue weighted by atomic mass is 10.1. The number of imide groups is 1. The number of aryl methyl sites for hydroxylation is 1. The quantitative estimate of drug-likeness (QED) is 0.534. The van der Waals surface area contributed by atoms with E-state index in [0.29, 0.717) is 24.3 Å². The third kappa shape index (κ3) is 4.23. The average Bonchev–Trinajstić information content (AvgIpc) is 2.87. The molecule has 0 fully saturated rings. The maximum atomic E-state index is 12.2. The molecule has 0 aromatic heterocycles. The monoisotopic (exact) mass is 355 g/mol. The Morgan fingerprint density at radius 1 is 0.920 bits per heavy atom. The van der Waals surface area contributed by atoms with Crippen LogP contribution in [0.5, 0.6) is 5.75 Å². The Morgan fingerprint density at radius 3 is 2.20 bits per heavy atom. The van der Waals surface area contributed by atoms with Crippen LogP contribution >= 0.6 is 11.8 Å². The van der Waals surface area contributed by atoms with E-state index in [1.54, 1.807) is 36.0 Å². The van der Waals surface area contributed by atoms with E-state index < -0.39 is 0 Å². The third-order valence-corrected chi connectivity index (χ3v) is 5.10. The van der Waals surface area contributed by atoms with Crippen molar-refractivity contribution in [1.29, 1.82) is 0 Å². The highest BCUT2D eigenvalue weighted by atomic mass is 32.2. The zero-order chi connectivity index (χ0) is 17.6. The maximum Gasteiger partial charge on any atom is 0.261 e. The van der Waals surface area contributed by atoms with Gasteiger partial charge in [0.25, 0.3) is 11.8 Å². The summed E-state index contributed by atoms with van der Waals surface area (Å²) < 4.78 is 5.68. The fraction of sp³-hybridized carbons (Fsp3) is 0.300. The number of carbonyl (C=O) groups excluding carboxylic acids is 2. The molecular weight excluding hydrogens is 334 g/mol. The molecule has 0 bridgehead atoms. The highest BCUT2D eigenvalue weighted by Gasteiger charge is 2.34. The zero-order valence-electron chi connectivity index (χ0n) is 14.2. The molecule has 25 heavy (non-hydrogen) atoms. The largest absolute Gasteiger partial charge is 0.493 e. The van der Waals surface area contributed by atoms with Gasteiger partial charge >= 0.3 is 0 Å². The van der Waals surface area contributed by atoms with Crippen LogP contribution in [-0.2, 0) is 0 Å². The number of fused-ring (bicyclic) bond motifs is 1. The zero-order valence-corrected chi connectivity index (χ0v) is 15.1. The summed E-state index contributed by atoms with van der Waals surface area (Å²) in [5, 5.41) is 0. The Bertz CT molecular complexity index is 723. The maximum absolute atomic E-state index is 12.2.